The summed E-state index contributed by atoms with van der Waals surface area (Å²) in [5.74, 6) is 0. The number of hydrogen-bond donors (Lipinski definition) is 1. The van der Waals surface area contributed by atoms with Crippen LogP contribution in [0.5, 0.6) is 0 Å². The number of fused-ring (bicyclic) bond motifs is 1. The van der Waals surface area contributed by atoms with E-state index in [-0.39, 0.29) is 0 Å². The first-order valence-electron chi connectivity index (χ1n) is 7.37. The van der Waals surface area contributed by atoms with Gasteiger partial charge in [0.05, 0.1) is 0 Å². The van der Waals surface area contributed by atoms with Gasteiger partial charge in [0.1, 0.15) is 11.2 Å². The average Bonchev–Trinajstić information content (AvgIpc) is 2.89. The van der Waals surface area contributed by atoms with E-state index >= 15 is 0 Å². The van der Waals surface area contributed by atoms with Crippen molar-refractivity contribution < 1.29 is 4.57 Å². The lowest BCUT2D eigenvalue weighted by Crippen LogP contribution is -2.33. The molecule has 0 saturated heterocycles. The van der Waals surface area contributed by atoms with E-state index in [4.69, 9.17) is 5.73 Å². The van der Waals surface area contributed by atoms with E-state index in [9.17, 15) is 0 Å². The second-order valence-electron chi connectivity index (χ2n) is 5.17. The maximum absolute atomic E-state index is 5.89. The largest absolute Gasteiger partial charge is 0.399 e. The number of benzene rings is 2. The Morgan fingerprint density at radius 2 is 1.95 bits per heavy atom. The third-order valence-corrected chi connectivity index (χ3v) is 4.79. The van der Waals surface area contributed by atoms with Gasteiger partial charge >= 0.3 is 0 Å². The molecule has 0 bridgehead atoms. The summed E-state index contributed by atoms with van der Waals surface area (Å²) in [5, 5.41) is 1.23. The van der Waals surface area contributed by atoms with E-state index in [1.807, 2.05) is 30.3 Å². The van der Waals surface area contributed by atoms with Gasteiger partial charge < -0.3 is 10.6 Å². The SMILES string of the molecule is CC[n+]1c(/C=C/N(C)c2ccccc2)sc2cc(N)ccc21. The van der Waals surface area contributed by atoms with Crippen molar-refractivity contribution in [2.24, 2.45) is 0 Å². The number of rotatable bonds is 4. The molecule has 0 amide bonds. The summed E-state index contributed by atoms with van der Waals surface area (Å²) >= 11 is 1.77. The number of nitrogens with two attached hydrogens (primary N) is 1. The van der Waals surface area contributed by atoms with Crippen LogP contribution in [0, 0.1) is 0 Å². The third-order valence-electron chi connectivity index (χ3n) is 3.68. The van der Waals surface area contributed by atoms with Crippen LogP contribution in [-0.4, -0.2) is 7.05 Å². The molecule has 2 N–H and O–H groups in total. The molecule has 112 valence electrons. The minimum absolute atomic E-state index is 0.814. The van der Waals surface area contributed by atoms with Crippen LogP contribution in [0.4, 0.5) is 11.4 Å². The fraction of sp³-hybridized carbons (Fsp3) is 0.167. The van der Waals surface area contributed by atoms with Crippen LogP contribution in [0.25, 0.3) is 16.3 Å². The van der Waals surface area contributed by atoms with Crippen molar-refractivity contribution >= 4 is 39.0 Å². The van der Waals surface area contributed by atoms with Crippen LogP contribution in [0.3, 0.4) is 0 Å². The molecule has 3 nitrogen and oxygen atoms in total. The van der Waals surface area contributed by atoms with Gasteiger partial charge in [-0.3, -0.25) is 0 Å². The van der Waals surface area contributed by atoms with E-state index in [0.717, 1.165) is 12.2 Å². The maximum Gasteiger partial charge on any atom is 0.264 e. The molecule has 4 heteroatoms. The number of anilines is 2. The van der Waals surface area contributed by atoms with Crippen molar-refractivity contribution in [1.29, 1.82) is 0 Å². The standard InChI is InChI=1S/C18H20N3S/c1-3-21-16-10-9-14(19)13-17(16)22-18(21)11-12-20(2)15-7-5-4-6-8-15/h4-13H,3,19H2,1-2H3/q+1. The summed E-state index contributed by atoms with van der Waals surface area (Å²) in [6.45, 7) is 3.11. The van der Waals surface area contributed by atoms with Crippen molar-refractivity contribution in [1.82, 2.24) is 0 Å². The Hall–Kier alpha value is -2.33. The van der Waals surface area contributed by atoms with E-state index in [1.165, 1.54) is 20.9 Å². The predicted molar refractivity (Wildman–Crippen MR) is 96.0 cm³/mol. The first-order chi connectivity index (χ1) is 10.7. The monoisotopic (exact) mass is 310 g/mol. The van der Waals surface area contributed by atoms with Gasteiger partial charge in [-0.1, -0.05) is 29.5 Å². The van der Waals surface area contributed by atoms with Gasteiger partial charge in [-0.05, 0) is 31.2 Å². The highest BCUT2D eigenvalue weighted by Crippen LogP contribution is 2.24. The minimum atomic E-state index is 0.814. The molecule has 0 unspecified atom stereocenters. The van der Waals surface area contributed by atoms with Gasteiger partial charge in [0.2, 0.25) is 5.52 Å². The highest BCUT2D eigenvalue weighted by Gasteiger charge is 2.16. The van der Waals surface area contributed by atoms with Gasteiger partial charge in [-0.25, -0.2) is 0 Å². The Bertz CT molecular complexity index is 806. The molecule has 0 atom stereocenters. The Morgan fingerprint density at radius 1 is 1.18 bits per heavy atom. The van der Waals surface area contributed by atoms with E-state index in [2.05, 4.69) is 53.9 Å². The smallest absolute Gasteiger partial charge is 0.264 e. The van der Waals surface area contributed by atoms with Crippen molar-refractivity contribution in [2.75, 3.05) is 17.7 Å². The molecular weight excluding hydrogens is 290 g/mol. The minimum Gasteiger partial charge on any atom is -0.399 e. The van der Waals surface area contributed by atoms with E-state index < -0.39 is 0 Å². The Labute approximate surface area is 134 Å². The van der Waals surface area contributed by atoms with Crippen molar-refractivity contribution in [3.8, 4) is 0 Å². The molecule has 0 fully saturated rings. The summed E-state index contributed by atoms with van der Waals surface area (Å²) < 4.78 is 3.54. The number of nitrogens with zero attached hydrogens (tertiary/aromatic N) is 2. The summed E-state index contributed by atoms with van der Waals surface area (Å²) in [6.07, 6.45) is 4.27. The number of hydrogen-bond acceptors (Lipinski definition) is 3. The molecule has 0 aliphatic rings. The summed E-state index contributed by atoms with van der Waals surface area (Å²) in [7, 11) is 2.06. The van der Waals surface area contributed by atoms with E-state index in [0.29, 0.717) is 0 Å². The van der Waals surface area contributed by atoms with Gasteiger partial charge in [-0.2, -0.15) is 4.57 Å². The van der Waals surface area contributed by atoms with Gasteiger partial charge in [-0.15, -0.1) is 0 Å². The average molecular weight is 310 g/mol. The molecular formula is C18H20N3S+. The topological polar surface area (TPSA) is 33.1 Å². The quantitative estimate of drug-likeness (QED) is 0.585. The molecule has 3 aromatic rings. The number of thiazole rings is 1. The van der Waals surface area contributed by atoms with Crippen molar-refractivity contribution in [3.63, 3.8) is 0 Å². The molecule has 22 heavy (non-hydrogen) atoms. The third kappa shape index (κ3) is 2.83. The highest BCUT2D eigenvalue weighted by molar-refractivity contribution is 7.18. The lowest BCUT2D eigenvalue weighted by molar-refractivity contribution is -0.665. The molecule has 0 saturated carbocycles. The van der Waals surface area contributed by atoms with Gasteiger partial charge in [0.25, 0.3) is 5.01 Å². The maximum atomic E-state index is 5.89. The van der Waals surface area contributed by atoms with E-state index in [1.54, 1.807) is 11.3 Å². The molecule has 1 aromatic heterocycles. The number of aromatic nitrogens is 1. The molecule has 0 radical (unpaired) electrons. The molecule has 2 aromatic carbocycles. The van der Waals surface area contributed by atoms with Crippen LogP contribution in [0.1, 0.15) is 11.9 Å². The zero-order valence-electron chi connectivity index (χ0n) is 12.9. The molecule has 3 rings (SSSR count). The molecule has 0 aliphatic heterocycles. The van der Waals surface area contributed by atoms with Gasteiger partial charge in [0, 0.05) is 36.8 Å². The Morgan fingerprint density at radius 3 is 2.68 bits per heavy atom. The first-order valence-corrected chi connectivity index (χ1v) is 8.18. The van der Waals surface area contributed by atoms with Gasteiger partial charge in [0.15, 0.2) is 0 Å². The van der Waals surface area contributed by atoms with Crippen LogP contribution in [0.2, 0.25) is 0 Å². The zero-order chi connectivity index (χ0) is 15.5. The second kappa shape index (κ2) is 6.20. The second-order valence-corrected chi connectivity index (χ2v) is 6.24. The molecule has 1 heterocycles. The lowest BCUT2D eigenvalue weighted by atomic mass is 10.3. The van der Waals surface area contributed by atoms with Crippen molar-refractivity contribution in [2.45, 2.75) is 13.5 Å². The summed E-state index contributed by atoms with van der Waals surface area (Å²) in [5.41, 5.74) is 9.12. The Kier molecular flexibility index (Phi) is 4.11. The molecule has 0 spiro atoms. The number of nitrogen functional groups attached to an aromatic ring is 1. The number of para-hydroxylation sites is 1. The first kappa shape index (κ1) is 14.6. The summed E-state index contributed by atoms with van der Waals surface area (Å²) in [6, 6.07) is 16.4. The normalized spacial score (nSPS) is 11.4. The fourth-order valence-electron chi connectivity index (χ4n) is 2.50. The Balaban J connectivity index is 1.94. The highest BCUT2D eigenvalue weighted by atomic mass is 32.1. The fourth-order valence-corrected chi connectivity index (χ4v) is 3.67. The molecule has 0 aliphatic carbocycles. The van der Waals surface area contributed by atoms with Crippen molar-refractivity contribution in [3.05, 3.63) is 59.7 Å². The van der Waals surface area contributed by atoms with Crippen LogP contribution < -0.4 is 15.2 Å². The predicted octanol–water partition coefficient (Wildman–Crippen LogP) is 3.90. The number of aryl methyl sites for hydroxylation is 1. The van der Waals surface area contributed by atoms with Crippen LogP contribution in [-0.2, 0) is 6.54 Å². The summed E-state index contributed by atoms with van der Waals surface area (Å²) in [4.78, 5) is 2.12. The zero-order valence-corrected chi connectivity index (χ0v) is 13.7. The van der Waals surface area contributed by atoms with Crippen LogP contribution >= 0.6 is 11.3 Å². The lowest BCUT2D eigenvalue weighted by Gasteiger charge is -2.12. The van der Waals surface area contributed by atoms with Crippen LogP contribution in [0.15, 0.2) is 54.7 Å².